The van der Waals surface area contributed by atoms with Crippen LogP contribution >= 0.6 is 11.6 Å². The summed E-state index contributed by atoms with van der Waals surface area (Å²) in [7, 11) is 0. The van der Waals surface area contributed by atoms with E-state index < -0.39 is 27.9 Å². The SMILES string of the molecule is N#Cc1cnc2c(C(F)(F)F)cc([N+](=O)[O-])cc2c1Cl. The summed E-state index contributed by atoms with van der Waals surface area (Å²) in [6, 6.07) is 2.90. The van der Waals surface area contributed by atoms with Gasteiger partial charge in [0.15, 0.2) is 0 Å². The fourth-order valence-corrected chi connectivity index (χ4v) is 1.89. The molecule has 0 bridgehead atoms. The van der Waals surface area contributed by atoms with Crippen molar-refractivity contribution in [1.82, 2.24) is 4.98 Å². The lowest BCUT2D eigenvalue weighted by molar-refractivity contribution is -0.385. The highest BCUT2D eigenvalue weighted by Crippen LogP contribution is 2.39. The molecule has 0 saturated carbocycles. The summed E-state index contributed by atoms with van der Waals surface area (Å²) in [5.41, 5.74) is -2.74. The van der Waals surface area contributed by atoms with Gasteiger partial charge in [0.2, 0.25) is 0 Å². The minimum atomic E-state index is -4.82. The molecule has 9 heteroatoms. The number of rotatable bonds is 1. The van der Waals surface area contributed by atoms with Gasteiger partial charge in [-0.1, -0.05) is 11.6 Å². The van der Waals surface area contributed by atoms with E-state index in [9.17, 15) is 23.3 Å². The maximum Gasteiger partial charge on any atom is 0.418 e. The molecule has 0 aliphatic carbocycles. The van der Waals surface area contributed by atoms with Gasteiger partial charge in [0, 0.05) is 23.7 Å². The van der Waals surface area contributed by atoms with Gasteiger partial charge in [-0.25, -0.2) is 0 Å². The molecule has 102 valence electrons. The summed E-state index contributed by atoms with van der Waals surface area (Å²) >= 11 is 5.79. The van der Waals surface area contributed by atoms with E-state index in [1.54, 1.807) is 6.07 Å². The molecule has 20 heavy (non-hydrogen) atoms. The maximum absolute atomic E-state index is 12.9. The number of fused-ring (bicyclic) bond motifs is 1. The number of benzene rings is 1. The number of non-ortho nitro benzene ring substituents is 1. The predicted octanol–water partition coefficient (Wildman–Crippen LogP) is 3.69. The van der Waals surface area contributed by atoms with E-state index in [-0.39, 0.29) is 16.0 Å². The van der Waals surface area contributed by atoms with Gasteiger partial charge in [-0.2, -0.15) is 18.4 Å². The first-order valence-corrected chi connectivity index (χ1v) is 5.37. The Morgan fingerprint density at radius 1 is 1.40 bits per heavy atom. The van der Waals surface area contributed by atoms with Crippen LogP contribution in [0.5, 0.6) is 0 Å². The highest BCUT2D eigenvalue weighted by atomic mass is 35.5. The van der Waals surface area contributed by atoms with Crippen LogP contribution in [-0.4, -0.2) is 9.91 Å². The highest BCUT2D eigenvalue weighted by Gasteiger charge is 2.36. The van der Waals surface area contributed by atoms with Crippen molar-refractivity contribution in [3.8, 4) is 6.07 Å². The van der Waals surface area contributed by atoms with Gasteiger partial charge in [-0.15, -0.1) is 0 Å². The number of aromatic nitrogens is 1. The van der Waals surface area contributed by atoms with Crippen LogP contribution in [0.25, 0.3) is 10.9 Å². The Kier molecular flexibility index (Phi) is 3.23. The molecule has 1 aromatic heterocycles. The second-order valence-corrected chi connectivity index (χ2v) is 4.12. The third kappa shape index (κ3) is 2.23. The maximum atomic E-state index is 12.9. The third-order valence-electron chi connectivity index (χ3n) is 2.53. The fraction of sp³-hybridized carbons (Fsp3) is 0.0909. The van der Waals surface area contributed by atoms with Crippen LogP contribution in [0.1, 0.15) is 11.1 Å². The van der Waals surface area contributed by atoms with E-state index in [1.807, 2.05) is 0 Å². The number of pyridine rings is 1. The molecule has 2 rings (SSSR count). The van der Waals surface area contributed by atoms with Crippen LogP contribution in [-0.2, 0) is 6.18 Å². The second-order valence-electron chi connectivity index (χ2n) is 3.74. The molecule has 0 atom stereocenters. The van der Waals surface area contributed by atoms with Crippen LogP contribution in [0.2, 0.25) is 5.02 Å². The van der Waals surface area contributed by atoms with Crippen LogP contribution in [0.3, 0.4) is 0 Å². The van der Waals surface area contributed by atoms with Crippen LogP contribution in [0.15, 0.2) is 18.3 Å². The molecule has 5 nitrogen and oxygen atoms in total. The van der Waals surface area contributed by atoms with E-state index in [0.717, 1.165) is 12.3 Å². The zero-order valence-corrected chi connectivity index (χ0v) is 10.2. The van der Waals surface area contributed by atoms with Crippen molar-refractivity contribution < 1.29 is 18.1 Å². The number of hydrogen-bond donors (Lipinski definition) is 0. The molecule has 0 aliphatic heterocycles. The molecule has 1 heterocycles. The number of nitriles is 1. The Morgan fingerprint density at radius 3 is 2.55 bits per heavy atom. The minimum absolute atomic E-state index is 0.159. The summed E-state index contributed by atoms with van der Waals surface area (Å²) in [5, 5.41) is 18.9. The Labute approximate surface area is 114 Å². The van der Waals surface area contributed by atoms with Gasteiger partial charge in [-0.3, -0.25) is 15.1 Å². The van der Waals surface area contributed by atoms with E-state index >= 15 is 0 Å². The molecule has 0 radical (unpaired) electrons. The first-order chi connectivity index (χ1) is 9.25. The van der Waals surface area contributed by atoms with Gasteiger partial charge >= 0.3 is 6.18 Å². The number of hydrogen-bond acceptors (Lipinski definition) is 4. The van der Waals surface area contributed by atoms with Crippen molar-refractivity contribution in [2.75, 3.05) is 0 Å². The van der Waals surface area contributed by atoms with Crippen molar-refractivity contribution in [2.24, 2.45) is 0 Å². The van der Waals surface area contributed by atoms with Crippen LogP contribution < -0.4 is 0 Å². The van der Waals surface area contributed by atoms with Crippen molar-refractivity contribution in [3.63, 3.8) is 0 Å². The lowest BCUT2D eigenvalue weighted by atomic mass is 10.1. The van der Waals surface area contributed by atoms with Crippen LogP contribution in [0, 0.1) is 21.4 Å². The van der Waals surface area contributed by atoms with E-state index in [1.165, 1.54) is 0 Å². The molecular formula is C11H3ClF3N3O2. The zero-order valence-electron chi connectivity index (χ0n) is 9.40. The summed E-state index contributed by atoms with van der Waals surface area (Å²) in [4.78, 5) is 13.3. The number of halogens is 4. The van der Waals surface area contributed by atoms with Gasteiger partial charge < -0.3 is 0 Å². The molecule has 0 N–H and O–H groups in total. The average molecular weight is 302 g/mol. The summed E-state index contributed by atoms with van der Waals surface area (Å²) < 4.78 is 38.7. The smallest absolute Gasteiger partial charge is 0.258 e. The van der Waals surface area contributed by atoms with Gasteiger partial charge in [0.25, 0.3) is 5.69 Å². The number of alkyl halides is 3. The van der Waals surface area contributed by atoms with Gasteiger partial charge in [0.05, 0.1) is 26.6 Å². The zero-order chi connectivity index (χ0) is 15.1. The fourth-order valence-electron chi connectivity index (χ4n) is 1.66. The molecule has 0 saturated heterocycles. The van der Waals surface area contributed by atoms with Gasteiger partial charge in [0.1, 0.15) is 6.07 Å². The predicted molar refractivity (Wildman–Crippen MR) is 63.1 cm³/mol. The van der Waals surface area contributed by atoms with Crippen molar-refractivity contribution in [3.05, 3.63) is 44.6 Å². The Hall–Kier alpha value is -2.40. The lowest BCUT2D eigenvalue weighted by Gasteiger charge is -2.10. The Bertz CT molecular complexity index is 768. The first kappa shape index (κ1) is 14.0. The van der Waals surface area contributed by atoms with Crippen molar-refractivity contribution in [2.45, 2.75) is 6.18 Å². The van der Waals surface area contributed by atoms with E-state index in [2.05, 4.69) is 4.98 Å². The molecule has 1 aromatic carbocycles. The second kappa shape index (κ2) is 4.61. The number of nitrogens with zero attached hydrogens (tertiary/aromatic N) is 3. The monoisotopic (exact) mass is 301 g/mol. The highest BCUT2D eigenvalue weighted by molar-refractivity contribution is 6.36. The molecule has 0 unspecified atom stereocenters. The van der Waals surface area contributed by atoms with Crippen molar-refractivity contribution in [1.29, 1.82) is 5.26 Å². The lowest BCUT2D eigenvalue weighted by Crippen LogP contribution is -2.08. The normalized spacial score (nSPS) is 11.3. The molecule has 0 spiro atoms. The topological polar surface area (TPSA) is 79.8 Å². The first-order valence-electron chi connectivity index (χ1n) is 4.99. The summed E-state index contributed by atoms with van der Waals surface area (Å²) in [6.07, 6.45) is -3.93. The van der Waals surface area contributed by atoms with E-state index in [4.69, 9.17) is 16.9 Å². The number of nitro groups is 1. The standard InChI is InChI=1S/C11H3ClF3N3O2/c12-9-5(3-16)4-17-10-7(9)1-6(18(19)20)2-8(10)11(13,14)15/h1-2,4H. The molecule has 0 fully saturated rings. The minimum Gasteiger partial charge on any atom is -0.258 e. The van der Waals surface area contributed by atoms with Gasteiger partial charge in [-0.05, 0) is 0 Å². The molecule has 0 amide bonds. The van der Waals surface area contributed by atoms with E-state index in [0.29, 0.717) is 6.07 Å². The quantitative estimate of drug-likeness (QED) is 0.594. The Balaban J connectivity index is 2.96. The summed E-state index contributed by atoms with van der Waals surface area (Å²) in [6.45, 7) is 0. The Morgan fingerprint density at radius 2 is 2.05 bits per heavy atom. The number of nitro benzene ring substituents is 1. The molecule has 2 aromatic rings. The van der Waals surface area contributed by atoms with Crippen LogP contribution in [0.4, 0.5) is 18.9 Å². The molecule has 0 aliphatic rings. The van der Waals surface area contributed by atoms with Crippen molar-refractivity contribution >= 4 is 28.2 Å². The average Bonchev–Trinajstić information content (AvgIpc) is 2.37. The molecular weight excluding hydrogens is 299 g/mol. The largest absolute Gasteiger partial charge is 0.418 e. The summed E-state index contributed by atoms with van der Waals surface area (Å²) in [5.74, 6) is 0. The third-order valence-corrected chi connectivity index (χ3v) is 2.93.